The third-order valence-electron chi connectivity index (χ3n) is 3.58. The molecule has 2 aromatic rings. The molecule has 0 spiro atoms. The summed E-state index contributed by atoms with van der Waals surface area (Å²) < 4.78 is 10.9. The van der Waals surface area contributed by atoms with E-state index in [9.17, 15) is 0 Å². The van der Waals surface area contributed by atoms with Crippen molar-refractivity contribution < 1.29 is 9.26 Å². The molecule has 1 aromatic heterocycles. The zero-order valence-electron chi connectivity index (χ0n) is 11.6. The summed E-state index contributed by atoms with van der Waals surface area (Å²) in [6.07, 6.45) is 3.38. The summed E-state index contributed by atoms with van der Waals surface area (Å²) in [5.74, 6) is 2.85. The summed E-state index contributed by atoms with van der Waals surface area (Å²) >= 11 is 0. The van der Waals surface area contributed by atoms with E-state index in [0.717, 1.165) is 18.1 Å². The lowest BCUT2D eigenvalue weighted by molar-refractivity contribution is 0.284. The van der Waals surface area contributed by atoms with Crippen LogP contribution in [0.25, 0.3) is 0 Å². The monoisotopic (exact) mass is 273 g/mol. The van der Waals surface area contributed by atoms with Gasteiger partial charge in [-0.05, 0) is 37.9 Å². The molecule has 1 saturated carbocycles. The molecule has 20 heavy (non-hydrogen) atoms. The average molecular weight is 273 g/mol. The third kappa shape index (κ3) is 3.36. The maximum atomic E-state index is 5.60. The zero-order chi connectivity index (χ0) is 13.8. The Hall–Kier alpha value is -1.88. The SMILES string of the molecule is CNC(Cc1nc(COc2ccccc2)no1)C1CC1. The summed E-state index contributed by atoms with van der Waals surface area (Å²) in [5.41, 5.74) is 0. The molecule has 0 amide bonds. The van der Waals surface area contributed by atoms with E-state index in [1.165, 1.54) is 12.8 Å². The maximum absolute atomic E-state index is 5.60. The van der Waals surface area contributed by atoms with E-state index in [0.29, 0.717) is 24.4 Å². The van der Waals surface area contributed by atoms with Crippen LogP contribution >= 0.6 is 0 Å². The Morgan fingerprint density at radius 2 is 2.15 bits per heavy atom. The van der Waals surface area contributed by atoms with Gasteiger partial charge in [0, 0.05) is 12.5 Å². The Labute approximate surface area is 118 Å². The molecule has 0 radical (unpaired) electrons. The minimum Gasteiger partial charge on any atom is -0.485 e. The van der Waals surface area contributed by atoms with Crippen molar-refractivity contribution in [3.05, 3.63) is 42.0 Å². The Balaban J connectivity index is 1.53. The number of aromatic nitrogens is 2. The van der Waals surface area contributed by atoms with Crippen LogP contribution in [0.1, 0.15) is 24.6 Å². The van der Waals surface area contributed by atoms with Crippen molar-refractivity contribution in [3.63, 3.8) is 0 Å². The fourth-order valence-corrected chi connectivity index (χ4v) is 2.29. The Kier molecular flexibility index (Phi) is 3.97. The minimum absolute atomic E-state index is 0.334. The number of nitrogens with one attached hydrogen (secondary N) is 1. The first-order valence-corrected chi connectivity index (χ1v) is 7.01. The number of benzene rings is 1. The van der Waals surface area contributed by atoms with Crippen LogP contribution in [0, 0.1) is 5.92 Å². The maximum Gasteiger partial charge on any atom is 0.228 e. The van der Waals surface area contributed by atoms with E-state index >= 15 is 0 Å². The number of hydrogen-bond acceptors (Lipinski definition) is 5. The van der Waals surface area contributed by atoms with Gasteiger partial charge < -0.3 is 14.6 Å². The topological polar surface area (TPSA) is 60.2 Å². The molecule has 106 valence electrons. The molecule has 1 aliphatic carbocycles. The number of para-hydroxylation sites is 1. The van der Waals surface area contributed by atoms with Gasteiger partial charge in [-0.2, -0.15) is 4.98 Å². The summed E-state index contributed by atoms with van der Waals surface area (Å²) in [6.45, 7) is 0.334. The lowest BCUT2D eigenvalue weighted by atomic mass is 10.1. The molecule has 5 heteroatoms. The van der Waals surface area contributed by atoms with Crippen LogP contribution in [0.15, 0.2) is 34.9 Å². The number of hydrogen-bond donors (Lipinski definition) is 1. The molecule has 1 fully saturated rings. The van der Waals surface area contributed by atoms with Gasteiger partial charge in [0.2, 0.25) is 11.7 Å². The van der Waals surface area contributed by atoms with Gasteiger partial charge in [-0.3, -0.25) is 0 Å². The van der Waals surface area contributed by atoms with Gasteiger partial charge in [0.05, 0.1) is 0 Å². The molecule has 0 saturated heterocycles. The van der Waals surface area contributed by atoms with Crippen LogP contribution < -0.4 is 10.1 Å². The fourth-order valence-electron chi connectivity index (χ4n) is 2.29. The van der Waals surface area contributed by atoms with Crippen LogP contribution in [0.4, 0.5) is 0 Å². The summed E-state index contributed by atoms with van der Waals surface area (Å²) in [5, 5.41) is 7.28. The minimum atomic E-state index is 0.334. The molecule has 1 atom stereocenters. The number of ether oxygens (including phenoxy) is 1. The summed E-state index contributed by atoms with van der Waals surface area (Å²) in [6, 6.07) is 10.1. The Morgan fingerprint density at radius 1 is 1.35 bits per heavy atom. The third-order valence-corrected chi connectivity index (χ3v) is 3.58. The Morgan fingerprint density at radius 3 is 2.85 bits per heavy atom. The van der Waals surface area contributed by atoms with E-state index in [1.807, 2.05) is 37.4 Å². The largest absolute Gasteiger partial charge is 0.485 e. The molecule has 3 rings (SSSR count). The van der Waals surface area contributed by atoms with Crippen LogP contribution in [-0.2, 0) is 13.0 Å². The highest BCUT2D eigenvalue weighted by Crippen LogP contribution is 2.33. The average Bonchev–Trinajstić information content (AvgIpc) is 3.24. The van der Waals surface area contributed by atoms with E-state index in [4.69, 9.17) is 9.26 Å². The highest BCUT2D eigenvalue weighted by Gasteiger charge is 2.31. The standard InChI is InChI=1S/C15H19N3O2/c1-16-13(11-7-8-11)9-15-17-14(18-20-15)10-19-12-5-3-2-4-6-12/h2-6,11,13,16H,7-10H2,1H3. The van der Waals surface area contributed by atoms with Crippen molar-refractivity contribution in [2.75, 3.05) is 7.05 Å². The predicted octanol–water partition coefficient (Wildman–Crippen LogP) is 2.19. The summed E-state index contributed by atoms with van der Waals surface area (Å²) in [7, 11) is 1.98. The van der Waals surface area contributed by atoms with Crippen LogP contribution in [0.5, 0.6) is 5.75 Å². The van der Waals surface area contributed by atoms with E-state index in [2.05, 4.69) is 15.5 Å². The predicted molar refractivity (Wildman–Crippen MR) is 74.3 cm³/mol. The molecular weight excluding hydrogens is 254 g/mol. The molecule has 0 aliphatic heterocycles. The van der Waals surface area contributed by atoms with Crippen molar-refractivity contribution in [2.24, 2.45) is 5.92 Å². The van der Waals surface area contributed by atoms with Gasteiger partial charge in [-0.1, -0.05) is 23.4 Å². The second-order valence-corrected chi connectivity index (χ2v) is 5.14. The van der Waals surface area contributed by atoms with Crippen LogP contribution in [0.2, 0.25) is 0 Å². The van der Waals surface area contributed by atoms with Gasteiger partial charge in [0.15, 0.2) is 6.61 Å². The Bertz CT molecular complexity index is 537. The highest BCUT2D eigenvalue weighted by molar-refractivity contribution is 5.20. The van der Waals surface area contributed by atoms with Gasteiger partial charge in [-0.15, -0.1) is 0 Å². The van der Waals surface area contributed by atoms with Gasteiger partial charge in [0.25, 0.3) is 0 Å². The second kappa shape index (κ2) is 6.05. The molecule has 1 N–H and O–H groups in total. The van der Waals surface area contributed by atoms with E-state index < -0.39 is 0 Å². The normalized spacial score (nSPS) is 16.1. The quantitative estimate of drug-likeness (QED) is 0.838. The van der Waals surface area contributed by atoms with Crippen molar-refractivity contribution >= 4 is 0 Å². The van der Waals surface area contributed by atoms with E-state index in [1.54, 1.807) is 0 Å². The molecule has 1 heterocycles. The first-order valence-electron chi connectivity index (χ1n) is 7.01. The number of rotatable bonds is 7. The van der Waals surface area contributed by atoms with Gasteiger partial charge in [-0.25, -0.2) is 0 Å². The number of likely N-dealkylation sites (N-methyl/N-ethyl adjacent to an activating group) is 1. The van der Waals surface area contributed by atoms with Crippen molar-refractivity contribution in [1.82, 2.24) is 15.5 Å². The number of nitrogens with zero attached hydrogens (tertiary/aromatic N) is 2. The zero-order valence-corrected chi connectivity index (χ0v) is 11.6. The molecule has 0 bridgehead atoms. The highest BCUT2D eigenvalue weighted by atomic mass is 16.5. The first kappa shape index (κ1) is 13.1. The fraction of sp³-hybridized carbons (Fsp3) is 0.467. The van der Waals surface area contributed by atoms with Crippen molar-refractivity contribution in [3.8, 4) is 5.75 Å². The van der Waals surface area contributed by atoms with Gasteiger partial charge in [0.1, 0.15) is 5.75 Å². The first-order chi connectivity index (χ1) is 9.85. The summed E-state index contributed by atoms with van der Waals surface area (Å²) in [4.78, 5) is 4.38. The second-order valence-electron chi connectivity index (χ2n) is 5.14. The molecule has 5 nitrogen and oxygen atoms in total. The molecule has 1 aromatic carbocycles. The van der Waals surface area contributed by atoms with E-state index in [-0.39, 0.29) is 0 Å². The van der Waals surface area contributed by atoms with Crippen LogP contribution in [-0.4, -0.2) is 23.2 Å². The van der Waals surface area contributed by atoms with Crippen LogP contribution in [0.3, 0.4) is 0 Å². The molecule has 1 unspecified atom stereocenters. The van der Waals surface area contributed by atoms with Crippen molar-refractivity contribution in [2.45, 2.75) is 31.9 Å². The molecular formula is C15H19N3O2. The smallest absolute Gasteiger partial charge is 0.228 e. The van der Waals surface area contributed by atoms with Gasteiger partial charge >= 0.3 is 0 Å². The molecule has 1 aliphatic rings. The van der Waals surface area contributed by atoms with Crippen molar-refractivity contribution in [1.29, 1.82) is 0 Å². The lowest BCUT2D eigenvalue weighted by Gasteiger charge is -2.11. The lowest BCUT2D eigenvalue weighted by Crippen LogP contribution is -2.29.